The minimum atomic E-state index is -0.377. The Morgan fingerprint density at radius 3 is 1.53 bits per heavy atom. The van der Waals surface area contributed by atoms with Gasteiger partial charge in [-0.25, -0.2) is 0 Å². The molecule has 1 atom stereocenters. The van der Waals surface area contributed by atoms with E-state index >= 15 is 0 Å². The minimum Gasteiger partial charge on any atom is -0.393 e. The predicted molar refractivity (Wildman–Crippen MR) is 70.9 cm³/mol. The molecule has 0 aliphatic carbocycles. The molecule has 0 radical (unpaired) electrons. The average Bonchev–Trinajstić information content (AvgIpc) is 2.15. The van der Waals surface area contributed by atoms with Gasteiger partial charge in [0.2, 0.25) is 0 Å². The molecule has 3 heteroatoms. The Kier molecular flexibility index (Phi) is 9.79. The first-order chi connectivity index (χ1) is 7.91. The van der Waals surface area contributed by atoms with Crippen molar-refractivity contribution in [2.75, 3.05) is 13.2 Å². The summed E-state index contributed by atoms with van der Waals surface area (Å²) in [6.45, 7) is 11.9. The second-order valence-electron chi connectivity index (χ2n) is 5.62. The zero-order valence-electron chi connectivity index (χ0n) is 12.1. The second kappa shape index (κ2) is 9.86. The van der Waals surface area contributed by atoms with Crippen LogP contribution in [0.3, 0.4) is 0 Å². The number of hydrogen-bond donors (Lipinski definition) is 1. The summed E-state index contributed by atoms with van der Waals surface area (Å²) in [6.07, 6.45) is 1.98. The maximum Gasteiger partial charge on any atom is 0.160 e. The third kappa shape index (κ3) is 12.1. The SMILES string of the molecule is CC(C)CCOC(CC(C)O)OCCC(C)C. The van der Waals surface area contributed by atoms with Crippen LogP contribution < -0.4 is 0 Å². The van der Waals surface area contributed by atoms with Crippen molar-refractivity contribution in [2.45, 2.75) is 66.3 Å². The highest BCUT2D eigenvalue weighted by molar-refractivity contribution is 4.54. The summed E-state index contributed by atoms with van der Waals surface area (Å²) in [7, 11) is 0. The van der Waals surface area contributed by atoms with E-state index in [-0.39, 0.29) is 12.4 Å². The lowest BCUT2D eigenvalue weighted by molar-refractivity contribution is -0.160. The fourth-order valence-electron chi connectivity index (χ4n) is 1.33. The van der Waals surface area contributed by atoms with Gasteiger partial charge < -0.3 is 14.6 Å². The molecule has 3 nitrogen and oxygen atoms in total. The quantitative estimate of drug-likeness (QED) is 0.602. The van der Waals surface area contributed by atoms with Crippen LogP contribution in [0.5, 0.6) is 0 Å². The molecule has 0 bridgehead atoms. The normalized spacial score (nSPS) is 13.9. The lowest BCUT2D eigenvalue weighted by Gasteiger charge is -2.21. The second-order valence-corrected chi connectivity index (χ2v) is 5.62. The highest BCUT2D eigenvalue weighted by atomic mass is 16.7. The van der Waals surface area contributed by atoms with E-state index in [1.54, 1.807) is 6.92 Å². The summed E-state index contributed by atoms with van der Waals surface area (Å²) in [6, 6.07) is 0. The van der Waals surface area contributed by atoms with E-state index in [9.17, 15) is 5.11 Å². The standard InChI is InChI=1S/C14H30O3/c1-11(2)6-8-16-14(10-13(5)15)17-9-7-12(3)4/h11-15H,6-10H2,1-5H3. The van der Waals surface area contributed by atoms with Crippen LogP contribution >= 0.6 is 0 Å². The molecule has 17 heavy (non-hydrogen) atoms. The van der Waals surface area contributed by atoms with Crippen LogP contribution in [0.4, 0.5) is 0 Å². The molecule has 0 saturated carbocycles. The molecule has 0 heterocycles. The first-order valence-corrected chi connectivity index (χ1v) is 6.83. The molecule has 1 N–H and O–H groups in total. The van der Waals surface area contributed by atoms with Gasteiger partial charge in [-0.15, -0.1) is 0 Å². The van der Waals surface area contributed by atoms with Gasteiger partial charge in [0.05, 0.1) is 6.10 Å². The van der Waals surface area contributed by atoms with Crippen molar-refractivity contribution in [1.29, 1.82) is 0 Å². The third-order valence-electron chi connectivity index (χ3n) is 2.53. The largest absolute Gasteiger partial charge is 0.393 e. The number of rotatable bonds is 10. The van der Waals surface area contributed by atoms with E-state index in [1.165, 1.54) is 0 Å². The van der Waals surface area contributed by atoms with Crippen molar-refractivity contribution in [1.82, 2.24) is 0 Å². The molecule has 104 valence electrons. The summed E-state index contributed by atoms with van der Waals surface area (Å²) >= 11 is 0. The molecular weight excluding hydrogens is 216 g/mol. The van der Waals surface area contributed by atoms with Crippen LogP contribution in [0.1, 0.15) is 53.9 Å². The molecular formula is C14H30O3. The number of ether oxygens (including phenoxy) is 2. The van der Waals surface area contributed by atoms with Crippen LogP contribution in [0.15, 0.2) is 0 Å². The van der Waals surface area contributed by atoms with Gasteiger partial charge in [0.1, 0.15) is 0 Å². The van der Waals surface area contributed by atoms with Crippen LogP contribution in [-0.2, 0) is 9.47 Å². The maximum absolute atomic E-state index is 9.38. The zero-order chi connectivity index (χ0) is 13.3. The van der Waals surface area contributed by atoms with Crippen LogP contribution in [0.2, 0.25) is 0 Å². The van der Waals surface area contributed by atoms with Gasteiger partial charge in [-0.1, -0.05) is 27.7 Å². The number of aliphatic hydroxyl groups is 1. The lowest BCUT2D eigenvalue weighted by atomic mass is 10.1. The fraction of sp³-hybridized carbons (Fsp3) is 1.00. The summed E-state index contributed by atoms with van der Waals surface area (Å²) in [4.78, 5) is 0. The van der Waals surface area contributed by atoms with Crippen molar-refractivity contribution in [2.24, 2.45) is 11.8 Å². The Labute approximate surface area is 107 Å². The van der Waals surface area contributed by atoms with Crippen molar-refractivity contribution in [3.8, 4) is 0 Å². The first-order valence-electron chi connectivity index (χ1n) is 6.83. The fourth-order valence-corrected chi connectivity index (χ4v) is 1.33. The molecule has 0 fully saturated rings. The molecule has 1 unspecified atom stereocenters. The topological polar surface area (TPSA) is 38.7 Å². The molecule has 0 aromatic rings. The molecule has 0 amide bonds. The van der Waals surface area contributed by atoms with Gasteiger partial charge in [-0.05, 0) is 31.6 Å². The summed E-state index contributed by atoms with van der Waals surface area (Å²) in [5, 5.41) is 9.38. The Morgan fingerprint density at radius 2 is 1.24 bits per heavy atom. The predicted octanol–water partition coefficient (Wildman–Crippen LogP) is 3.21. The van der Waals surface area contributed by atoms with Gasteiger partial charge >= 0.3 is 0 Å². The molecule has 0 rings (SSSR count). The van der Waals surface area contributed by atoms with Gasteiger partial charge in [0.25, 0.3) is 0 Å². The van der Waals surface area contributed by atoms with Crippen LogP contribution in [0.25, 0.3) is 0 Å². The van der Waals surface area contributed by atoms with E-state index in [2.05, 4.69) is 27.7 Å². The summed E-state index contributed by atoms with van der Waals surface area (Å²) < 4.78 is 11.3. The minimum absolute atomic E-state index is 0.257. The van der Waals surface area contributed by atoms with Crippen molar-refractivity contribution in [3.05, 3.63) is 0 Å². The molecule has 0 aliphatic heterocycles. The highest BCUT2D eigenvalue weighted by Crippen LogP contribution is 2.10. The number of hydrogen-bond acceptors (Lipinski definition) is 3. The Bertz CT molecular complexity index is 153. The third-order valence-corrected chi connectivity index (χ3v) is 2.53. The Balaban J connectivity index is 3.79. The van der Waals surface area contributed by atoms with E-state index in [0.717, 1.165) is 12.8 Å². The van der Waals surface area contributed by atoms with Gasteiger partial charge in [0, 0.05) is 19.6 Å². The molecule has 0 aliphatic rings. The summed E-state index contributed by atoms with van der Waals surface area (Å²) in [5.74, 6) is 1.27. The van der Waals surface area contributed by atoms with Crippen LogP contribution in [-0.4, -0.2) is 30.7 Å². The molecule has 0 aromatic carbocycles. The molecule has 0 aromatic heterocycles. The van der Waals surface area contributed by atoms with E-state index < -0.39 is 0 Å². The van der Waals surface area contributed by atoms with Crippen molar-refractivity contribution < 1.29 is 14.6 Å². The van der Waals surface area contributed by atoms with Crippen LogP contribution in [0, 0.1) is 11.8 Å². The van der Waals surface area contributed by atoms with Gasteiger partial charge in [-0.3, -0.25) is 0 Å². The Hall–Kier alpha value is -0.120. The first kappa shape index (κ1) is 16.9. The zero-order valence-corrected chi connectivity index (χ0v) is 12.1. The summed E-state index contributed by atoms with van der Waals surface area (Å²) in [5.41, 5.74) is 0. The van der Waals surface area contributed by atoms with E-state index in [1.807, 2.05) is 0 Å². The van der Waals surface area contributed by atoms with Crippen molar-refractivity contribution >= 4 is 0 Å². The smallest absolute Gasteiger partial charge is 0.160 e. The average molecular weight is 246 g/mol. The highest BCUT2D eigenvalue weighted by Gasteiger charge is 2.13. The van der Waals surface area contributed by atoms with Crippen molar-refractivity contribution in [3.63, 3.8) is 0 Å². The van der Waals surface area contributed by atoms with E-state index in [0.29, 0.717) is 31.5 Å². The molecule has 0 spiro atoms. The number of aliphatic hydroxyl groups excluding tert-OH is 1. The van der Waals surface area contributed by atoms with Gasteiger partial charge in [0.15, 0.2) is 6.29 Å². The molecule has 0 saturated heterocycles. The van der Waals surface area contributed by atoms with E-state index in [4.69, 9.17) is 9.47 Å². The monoisotopic (exact) mass is 246 g/mol. The van der Waals surface area contributed by atoms with Gasteiger partial charge in [-0.2, -0.15) is 0 Å². The maximum atomic E-state index is 9.38. The Morgan fingerprint density at radius 1 is 0.824 bits per heavy atom. The lowest BCUT2D eigenvalue weighted by Crippen LogP contribution is -2.24.